The Labute approximate surface area is 219 Å². The van der Waals surface area contributed by atoms with Gasteiger partial charge in [0.05, 0.1) is 0 Å². The fourth-order valence-corrected chi connectivity index (χ4v) is 5.50. The van der Waals surface area contributed by atoms with Gasteiger partial charge in [0, 0.05) is 24.6 Å². The fraction of sp³-hybridized carbons (Fsp3) is 0.758. The predicted molar refractivity (Wildman–Crippen MR) is 157 cm³/mol. The summed E-state index contributed by atoms with van der Waals surface area (Å²) in [7, 11) is 0. The van der Waals surface area contributed by atoms with E-state index in [0.29, 0.717) is 6.17 Å². The molecule has 1 aromatic rings. The average Bonchev–Trinajstić information content (AvgIpc) is 3.29. The van der Waals surface area contributed by atoms with Gasteiger partial charge in [0.2, 0.25) is 0 Å². The SMILES string of the molecule is CCCCCCCCCCCCCCN1C=CN(c2ccccc2)C1CCCCCCCCCC. The van der Waals surface area contributed by atoms with E-state index in [2.05, 4.69) is 66.4 Å². The topological polar surface area (TPSA) is 6.48 Å². The molecular weight excluding hydrogens is 424 g/mol. The second-order valence-corrected chi connectivity index (χ2v) is 10.9. The third kappa shape index (κ3) is 13.4. The number of nitrogens with zero attached hydrogens (tertiary/aromatic N) is 2. The molecule has 0 amide bonds. The molecule has 0 saturated heterocycles. The van der Waals surface area contributed by atoms with Crippen LogP contribution in [0, 0.1) is 0 Å². The minimum Gasteiger partial charge on any atom is -0.356 e. The van der Waals surface area contributed by atoms with Gasteiger partial charge in [-0.15, -0.1) is 0 Å². The molecule has 1 aromatic carbocycles. The van der Waals surface area contributed by atoms with Gasteiger partial charge < -0.3 is 9.80 Å². The maximum atomic E-state index is 2.63. The molecule has 0 fully saturated rings. The van der Waals surface area contributed by atoms with Gasteiger partial charge in [-0.05, 0) is 31.4 Å². The van der Waals surface area contributed by atoms with Crippen LogP contribution in [0.5, 0.6) is 0 Å². The van der Waals surface area contributed by atoms with Gasteiger partial charge in [0.25, 0.3) is 0 Å². The van der Waals surface area contributed by atoms with Crippen molar-refractivity contribution in [3.63, 3.8) is 0 Å². The molecule has 0 aliphatic carbocycles. The van der Waals surface area contributed by atoms with Crippen LogP contribution in [-0.2, 0) is 0 Å². The van der Waals surface area contributed by atoms with Crippen molar-refractivity contribution in [3.05, 3.63) is 42.7 Å². The minimum atomic E-state index is 0.505. The van der Waals surface area contributed by atoms with Crippen LogP contribution >= 0.6 is 0 Å². The summed E-state index contributed by atoms with van der Waals surface area (Å²) in [5.41, 5.74) is 1.34. The second-order valence-electron chi connectivity index (χ2n) is 10.9. The highest BCUT2D eigenvalue weighted by atomic mass is 15.4. The van der Waals surface area contributed by atoms with Crippen LogP contribution in [0.15, 0.2) is 42.7 Å². The minimum absolute atomic E-state index is 0.505. The third-order valence-corrected chi connectivity index (χ3v) is 7.76. The van der Waals surface area contributed by atoms with Gasteiger partial charge in [-0.3, -0.25) is 0 Å². The Morgan fingerprint density at radius 1 is 0.514 bits per heavy atom. The first-order chi connectivity index (χ1) is 17.4. The highest BCUT2D eigenvalue weighted by Gasteiger charge is 2.26. The van der Waals surface area contributed by atoms with Crippen molar-refractivity contribution in [2.45, 2.75) is 155 Å². The summed E-state index contributed by atoms with van der Waals surface area (Å²) < 4.78 is 0. The predicted octanol–water partition coefficient (Wildman–Crippen LogP) is 10.8. The highest BCUT2D eigenvalue weighted by Crippen LogP contribution is 2.28. The van der Waals surface area contributed by atoms with E-state index in [1.165, 1.54) is 147 Å². The lowest BCUT2D eigenvalue weighted by atomic mass is 10.0. The van der Waals surface area contributed by atoms with Crippen LogP contribution in [0.3, 0.4) is 0 Å². The molecule has 0 aromatic heterocycles. The zero-order valence-corrected chi connectivity index (χ0v) is 23.6. The molecule has 2 nitrogen and oxygen atoms in total. The molecule has 1 aliphatic rings. The van der Waals surface area contributed by atoms with Crippen molar-refractivity contribution in [3.8, 4) is 0 Å². The molecule has 0 N–H and O–H groups in total. The summed E-state index contributed by atoms with van der Waals surface area (Å²) in [4.78, 5) is 5.15. The van der Waals surface area contributed by atoms with Crippen LogP contribution in [0.25, 0.3) is 0 Å². The van der Waals surface area contributed by atoms with Gasteiger partial charge in [0.15, 0.2) is 0 Å². The van der Waals surface area contributed by atoms with E-state index in [1.807, 2.05) is 0 Å². The maximum absolute atomic E-state index is 2.63. The van der Waals surface area contributed by atoms with E-state index in [4.69, 9.17) is 0 Å². The fourth-order valence-electron chi connectivity index (χ4n) is 5.50. The van der Waals surface area contributed by atoms with E-state index >= 15 is 0 Å². The molecule has 0 spiro atoms. The number of anilines is 1. The average molecular weight is 483 g/mol. The molecule has 1 heterocycles. The molecule has 35 heavy (non-hydrogen) atoms. The van der Waals surface area contributed by atoms with E-state index in [0.717, 1.165) is 0 Å². The number of benzene rings is 1. The second kappa shape index (κ2) is 20.7. The summed E-state index contributed by atoms with van der Waals surface area (Å²) >= 11 is 0. The van der Waals surface area contributed by atoms with E-state index in [1.54, 1.807) is 0 Å². The van der Waals surface area contributed by atoms with Crippen LogP contribution < -0.4 is 4.90 Å². The smallest absolute Gasteiger partial charge is 0.105 e. The largest absolute Gasteiger partial charge is 0.356 e. The number of hydrogen-bond acceptors (Lipinski definition) is 2. The van der Waals surface area contributed by atoms with Crippen molar-refractivity contribution in [2.24, 2.45) is 0 Å². The zero-order chi connectivity index (χ0) is 24.8. The van der Waals surface area contributed by atoms with Gasteiger partial charge >= 0.3 is 0 Å². The van der Waals surface area contributed by atoms with Crippen molar-refractivity contribution < 1.29 is 0 Å². The Hall–Kier alpha value is -1.44. The third-order valence-electron chi connectivity index (χ3n) is 7.76. The zero-order valence-electron chi connectivity index (χ0n) is 23.6. The van der Waals surface area contributed by atoms with Crippen LogP contribution in [0.2, 0.25) is 0 Å². The van der Waals surface area contributed by atoms with Gasteiger partial charge in [-0.1, -0.05) is 148 Å². The molecule has 1 aliphatic heterocycles. The van der Waals surface area contributed by atoms with Gasteiger partial charge in [0.1, 0.15) is 6.17 Å². The van der Waals surface area contributed by atoms with Gasteiger partial charge in [-0.25, -0.2) is 0 Å². The molecule has 1 atom stereocenters. The normalized spacial score (nSPS) is 15.4. The lowest BCUT2D eigenvalue weighted by Crippen LogP contribution is -2.39. The Morgan fingerprint density at radius 3 is 1.49 bits per heavy atom. The monoisotopic (exact) mass is 482 g/mol. The van der Waals surface area contributed by atoms with Crippen molar-refractivity contribution in [1.82, 2.24) is 4.90 Å². The number of unbranched alkanes of at least 4 members (excludes halogenated alkanes) is 18. The van der Waals surface area contributed by atoms with Crippen LogP contribution in [0.4, 0.5) is 5.69 Å². The molecular formula is C33H58N2. The van der Waals surface area contributed by atoms with E-state index < -0.39 is 0 Å². The standard InChI is InChI=1S/C33H58N2/c1-3-5-7-9-11-13-14-15-16-18-20-25-29-34-30-31-35(32-26-22-21-23-27-32)33(34)28-24-19-17-12-10-8-6-4-2/h21-23,26-27,30-31,33H,3-20,24-25,28-29H2,1-2H3. The summed E-state index contributed by atoms with van der Waals surface area (Å²) in [6.45, 7) is 5.81. The van der Waals surface area contributed by atoms with E-state index in [-0.39, 0.29) is 0 Å². The first kappa shape index (κ1) is 29.8. The first-order valence-electron chi connectivity index (χ1n) is 15.6. The Kier molecular flexibility index (Phi) is 17.6. The Bertz CT molecular complexity index is 611. The van der Waals surface area contributed by atoms with Crippen molar-refractivity contribution in [2.75, 3.05) is 11.4 Å². The van der Waals surface area contributed by atoms with Crippen LogP contribution in [-0.4, -0.2) is 17.6 Å². The Morgan fingerprint density at radius 2 is 0.971 bits per heavy atom. The molecule has 0 saturated carbocycles. The molecule has 0 bridgehead atoms. The molecule has 2 heteroatoms. The number of hydrogen-bond donors (Lipinski definition) is 0. The highest BCUT2D eigenvalue weighted by molar-refractivity contribution is 5.51. The quantitative estimate of drug-likeness (QED) is 0.143. The van der Waals surface area contributed by atoms with Crippen LogP contribution in [0.1, 0.15) is 149 Å². The van der Waals surface area contributed by atoms with E-state index in [9.17, 15) is 0 Å². The summed E-state index contributed by atoms with van der Waals surface area (Å²) in [5.74, 6) is 0. The Balaban J connectivity index is 1.61. The molecule has 2 rings (SSSR count). The lowest BCUT2D eigenvalue weighted by Gasteiger charge is -2.33. The first-order valence-corrected chi connectivity index (χ1v) is 15.6. The summed E-state index contributed by atoms with van der Waals surface area (Å²) in [5, 5.41) is 0. The van der Waals surface area contributed by atoms with Crippen molar-refractivity contribution >= 4 is 5.69 Å². The van der Waals surface area contributed by atoms with Crippen molar-refractivity contribution in [1.29, 1.82) is 0 Å². The lowest BCUT2D eigenvalue weighted by molar-refractivity contribution is 0.273. The maximum Gasteiger partial charge on any atom is 0.105 e. The summed E-state index contributed by atoms with van der Waals surface area (Å²) in [6.07, 6.45) is 34.7. The van der Waals surface area contributed by atoms with Gasteiger partial charge in [-0.2, -0.15) is 0 Å². The molecule has 1 unspecified atom stereocenters. The number of para-hydroxylation sites is 1. The molecule has 0 radical (unpaired) electrons. The summed E-state index contributed by atoms with van der Waals surface area (Å²) in [6, 6.07) is 11.0. The molecule has 200 valence electrons. The number of rotatable bonds is 23.